The van der Waals surface area contributed by atoms with Crippen molar-refractivity contribution in [3.8, 4) is 0 Å². The van der Waals surface area contributed by atoms with E-state index in [0.717, 1.165) is 17.3 Å². The van der Waals surface area contributed by atoms with Gasteiger partial charge < -0.3 is 10.4 Å². The van der Waals surface area contributed by atoms with Gasteiger partial charge in [-0.1, -0.05) is 29.8 Å². The quantitative estimate of drug-likeness (QED) is 0.828. The zero-order chi connectivity index (χ0) is 17.2. The van der Waals surface area contributed by atoms with Crippen LogP contribution in [-0.2, 0) is 19.8 Å². The molecule has 1 heterocycles. The molecule has 0 radical (unpaired) electrons. The molecule has 0 spiro atoms. The van der Waals surface area contributed by atoms with Crippen molar-refractivity contribution in [2.75, 3.05) is 6.54 Å². The first-order valence-electron chi connectivity index (χ1n) is 6.94. The average molecular weight is 384 g/mol. The Labute approximate surface area is 149 Å². The first kappa shape index (κ1) is 20.8. The van der Waals surface area contributed by atoms with Crippen molar-refractivity contribution in [3.63, 3.8) is 0 Å². The van der Waals surface area contributed by atoms with E-state index in [-0.39, 0.29) is 24.5 Å². The standard InChI is InChI=1S/C15H17ClF3N3O.ClH/c1-9-11(14(16)22(2)21-9)7-20-8-13(23)10-5-3-4-6-12(10)15(17,18)19;/h3-6,13,20,23H,7-8H2,1-2H3;1H. The van der Waals surface area contributed by atoms with Crippen LogP contribution >= 0.6 is 24.0 Å². The molecule has 134 valence electrons. The molecule has 0 fully saturated rings. The van der Waals surface area contributed by atoms with E-state index >= 15 is 0 Å². The number of nitrogens with one attached hydrogen (secondary N) is 1. The molecule has 1 aromatic carbocycles. The number of aliphatic hydroxyl groups excluding tert-OH is 1. The summed E-state index contributed by atoms with van der Waals surface area (Å²) in [5.74, 6) is 0. The maximum Gasteiger partial charge on any atom is 0.416 e. The molecular weight excluding hydrogens is 366 g/mol. The molecule has 4 nitrogen and oxygen atoms in total. The molecule has 0 aliphatic rings. The predicted octanol–water partition coefficient (Wildman–Crippen LogP) is 3.65. The third-order valence-corrected chi connectivity index (χ3v) is 4.01. The fraction of sp³-hybridized carbons (Fsp3) is 0.400. The van der Waals surface area contributed by atoms with Gasteiger partial charge in [-0.25, -0.2) is 0 Å². The zero-order valence-corrected chi connectivity index (χ0v) is 14.6. The summed E-state index contributed by atoms with van der Waals surface area (Å²) in [6, 6.07) is 5.00. The molecule has 9 heteroatoms. The molecule has 1 aromatic heterocycles. The van der Waals surface area contributed by atoms with Crippen LogP contribution < -0.4 is 5.32 Å². The number of hydrogen-bond donors (Lipinski definition) is 2. The average Bonchev–Trinajstić information content (AvgIpc) is 2.72. The number of halogens is 5. The number of aliphatic hydroxyl groups is 1. The van der Waals surface area contributed by atoms with E-state index in [0.29, 0.717) is 11.7 Å². The van der Waals surface area contributed by atoms with E-state index in [1.807, 2.05) is 0 Å². The van der Waals surface area contributed by atoms with Crippen molar-refractivity contribution in [1.82, 2.24) is 15.1 Å². The van der Waals surface area contributed by atoms with Gasteiger partial charge in [-0.2, -0.15) is 18.3 Å². The summed E-state index contributed by atoms with van der Waals surface area (Å²) in [5, 5.41) is 17.6. The Morgan fingerprint density at radius 2 is 1.96 bits per heavy atom. The number of benzene rings is 1. The number of rotatable bonds is 5. The van der Waals surface area contributed by atoms with Gasteiger partial charge in [0.05, 0.1) is 17.4 Å². The van der Waals surface area contributed by atoms with E-state index in [1.165, 1.54) is 22.9 Å². The molecule has 0 amide bonds. The molecule has 0 saturated carbocycles. The van der Waals surface area contributed by atoms with Gasteiger partial charge in [-0.3, -0.25) is 4.68 Å². The van der Waals surface area contributed by atoms with Crippen LogP contribution in [0.4, 0.5) is 13.2 Å². The number of aromatic nitrogens is 2. The van der Waals surface area contributed by atoms with Crippen molar-refractivity contribution >= 4 is 24.0 Å². The monoisotopic (exact) mass is 383 g/mol. The minimum Gasteiger partial charge on any atom is -0.387 e. The SMILES string of the molecule is Cc1nn(C)c(Cl)c1CNCC(O)c1ccccc1C(F)(F)F.Cl. The highest BCUT2D eigenvalue weighted by Gasteiger charge is 2.34. The molecule has 2 aromatic rings. The van der Waals surface area contributed by atoms with E-state index in [9.17, 15) is 18.3 Å². The Morgan fingerprint density at radius 3 is 2.50 bits per heavy atom. The Balaban J connectivity index is 0.00000288. The second-order valence-corrected chi connectivity index (χ2v) is 5.57. The van der Waals surface area contributed by atoms with Crippen molar-refractivity contribution in [3.05, 3.63) is 51.8 Å². The maximum absolute atomic E-state index is 12.9. The third kappa shape index (κ3) is 4.63. The van der Waals surface area contributed by atoms with Crippen LogP contribution in [0.1, 0.15) is 28.5 Å². The highest BCUT2D eigenvalue weighted by Crippen LogP contribution is 2.34. The van der Waals surface area contributed by atoms with Crippen LogP contribution in [0, 0.1) is 6.92 Å². The molecule has 1 unspecified atom stereocenters. The number of aryl methyl sites for hydroxylation is 2. The molecule has 2 rings (SSSR count). The Morgan fingerprint density at radius 1 is 1.33 bits per heavy atom. The van der Waals surface area contributed by atoms with E-state index in [4.69, 9.17) is 11.6 Å². The van der Waals surface area contributed by atoms with Crippen LogP contribution in [0.3, 0.4) is 0 Å². The molecule has 24 heavy (non-hydrogen) atoms. The molecule has 2 N–H and O–H groups in total. The van der Waals surface area contributed by atoms with Gasteiger partial charge in [0.2, 0.25) is 0 Å². The lowest BCUT2D eigenvalue weighted by molar-refractivity contribution is -0.139. The van der Waals surface area contributed by atoms with Crippen molar-refractivity contribution in [2.24, 2.45) is 7.05 Å². The summed E-state index contributed by atoms with van der Waals surface area (Å²) in [5.41, 5.74) is 0.507. The van der Waals surface area contributed by atoms with Gasteiger partial charge in [0, 0.05) is 25.7 Å². The summed E-state index contributed by atoms with van der Waals surface area (Å²) in [7, 11) is 1.70. The second-order valence-electron chi connectivity index (χ2n) is 5.21. The number of alkyl halides is 3. The summed E-state index contributed by atoms with van der Waals surface area (Å²) in [6.45, 7) is 2.07. The van der Waals surface area contributed by atoms with Gasteiger partial charge in [0.15, 0.2) is 0 Å². The molecule has 1 atom stereocenters. The van der Waals surface area contributed by atoms with Gasteiger partial charge in [-0.05, 0) is 18.6 Å². The predicted molar refractivity (Wildman–Crippen MR) is 88.3 cm³/mol. The lowest BCUT2D eigenvalue weighted by atomic mass is 10.0. The summed E-state index contributed by atoms with van der Waals surface area (Å²) < 4.78 is 40.4. The van der Waals surface area contributed by atoms with Gasteiger partial charge >= 0.3 is 6.18 Å². The maximum atomic E-state index is 12.9. The third-order valence-electron chi connectivity index (χ3n) is 3.53. The first-order valence-corrected chi connectivity index (χ1v) is 7.32. The summed E-state index contributed by atoms with van der Waals surface area (Å²) in [4.78, 5) is 0. The Hall–Kier alpha value is -1.28. The van der Waals surface area contributed by atoms with E-state index in [2.05, 4.69) is 10.4 Å². The van der Waals surface area contributed by atoms with Crippen molar-refractivity contribution < 1.29 is 18.3 Å². The minimum absolute atomic E-state index is 0. The van der Waals surface area contributed by atoms with Crippen LogP contribution in [0.25, 0.3) is 0 Å². The van der Waals surface area contributed by atoms with Crippen molar-refractivity contribution in [2.45, 2.75) is 25.7 Å². The summed E-state index contributed by atoms with van der Waals surface area (Å²) >= 11 is 6.08. The lowest BCUT2D eigenvalue weighted by Gasteiger charge is -2.18. The highest BCUT2D eigenvalue weighted by molar-refractivity contribution is 6.30. The molecule has 0 aliphatic carbocycles. The fourth-order valence-electron chi connectivity index (χ4n) is 2.36. The Kier molecular flexibility index (Phi) is 7.10. The van der Waals surface area contributed by atoms with Gasteiger partial charge in [0.25, 0.3) is 0 Å². The number of hydrogen-bond acceptors (Lipinski definition) is 3. The van der Waals surface area contributed by atoms with Crippen molar-refractivity contribution in [1.29, 1.82) is 0 Å². The zero-order valence-electron chi connectivity index (χ0n) is 13.1. The van der Waals surface area contributed by atoms with Crippen LogP contribution in [0.2, 0.25) is 5.15 Å². The first-order chi connectivity index (χ1) is 10.7. The fourth-order valence-corrected chi connectivity index (χ4v) is 2.61. The van der Waals surface area contributed by atoms with Crippen LogP contribution in [-0.4, -0.2) is 21.4 Å². The minimum atomic E-state index is -4.50. The van der Waals surface area contributed by atoms with Crippen LogP contribution in [0.15, 0.2) is 24.3 Å². The molecule has 0 bridgehead atoms. The Bertz CT molecular complexity index is 689. The normalized spacial score (nSPS) is 12.8. The number of nitrogens with zero attached hydrogens (tertiary/aromatic N) is 2. The lowest BCUT2D eigenvalue weighted by Crippen LogP contribution is -2.23. The summed E-state index contributed by atoms with van der Waals surface area (Å²) in [6.07, 6.45) is -5.77. The largest absolute Gasteiger partial charge is 0.416 e. The van der Waals surface area contributed by atoms with E-state index < -0.39 is 17.8 Å². The topological polar surface area (TPSA) is 50.1 Å². The molecular formula is C15H18Cl2F3N3O. The molecule has 0 aliphatic heterocycles. The van der Waals surface area contributed by atoms with Crippen LogP contribution in [0.5, 0.6) is 0 Å². The molecule has 0 saturated heterocycles. The van der Waals surface area contributed by atoms with E-state index in [1.54, 1.807) is 14.0 Å². The highest BCUT2D eigenvalue weighted by atomic mass is 35.5. The van der Waals surface area contributed by atoms with Gasteiger partial charge in [-0.15, -0.1) is 12.4 Å². The second kappa shape index (κ2) is 8.20. The smallest absolute Gasteiger partial charge is 0.387 e. The van der Waals surface area contributed by atoms with Gasteiger partial charge in [0.1, 0.15) is 5.15 Å².